The average Bonchev–Trinajstić information content (AvgIpc) is 2.67. The maximum atomic E-state index is 13.4. The molecule has 0 spiro atoms. The quantitative estimate of drug-likeness (QED) is 0.779. The molecule has 0 radical (unpaired) electrons. The molecule has 2 amide bonds. The molecule has 0 aromatic heterocycles. The molecule has 1 saturated heterocycles. The van der Waals surface area contributed by atoms with Gasteiger partial charge in [-0.1, -0.05) is 29.8 Å². The van der Waals surface area contributed by atoms with E-state index in [1.54, 1.807) is 0 Å². The minimum absolute atomic E-state index is 0.214. The molecule has 1 heterocycles. The van der Waals surface area contributed by atoms with Crippen LogP contribution in [0.4, 0.5) is 10.1 Å². The number of piperazine rings is 1. The van der Waals surface area contributed by atoms with E-state index in [4.69, 9.17) is 0 Å². The highest BCUT2D eigenvalue weighted by atomic mass is 32.2. The molecular weight excluding hydrogens is 409 g/mol. The van der Waals surface area contributed by atoms with Crippen molar-refractivity contribution in [3.05, 3.63) is 65.5 Å². The Balaban J connectivity index is 1.93. The monoisotopic (exact) mass is 433 g/mol. The van der Waals surface area contributed by atoms with Crippen molar-refractivity contribution < 1.29 is 22.4 Å². The SMILES string of the molecule is Cc1ccc(CNC(=O)C2(C)CN(S(C)(=O)=O)CC(=O)N2c2ccc(F)cc2)cc1. The van der Waals surface area contributed by atoms with Crippen molar-refractivity contribution in [2.45, 2.75) is 25.9 Å². The number of anilines is 1. The number of hydrogen-bond acceptors (Lipinski definition) is 4. The van der Waals surface area contributed by atoms with E-state index >= 15 is 0 Å². The van der Waals surface area contributed by atoms with Gasteiger partial charge in [-0.2, -0.15) is 4.31 Å². The second-order valence-electron chi connectivity index (χ2n) is 7.68. The molecule has 0 saturated carbocycles. The van der Waals surface area contributed by atoms with E-state index in [9.17, 15) is 22.4 Å². The fourth-order valence-corrected chi connectivity index (χ4v) is 4.30. The van der Waals surface area contributed by atoms with Gasteiger partial charge in [0, 0.05) is 18.8 Å². The molecule has 1 aliphatic rings. The van der Waals surface area contributed by atoms with Gasteiger partial charge in [0.05, 0.1) is 12.8 Å². The molecule has 1 aliphatic heterocycles. The number of benzene rings is 2. The smallest absolute Gasteiger partial charge is 0.247 e. The van der Waals surface area contributed by atoms with E-state index in [1.165, 1.54) is 36.1 Å². The van der Waals surface area contributed by atoms with Crippen LogP contribution in [-0.2, 0) is 26.2 Å². The van der Waals surface area contributed by atoms with Gasteiger partial charge in [-0.25, -0.2) is 12.8 Å². The zero-order valence-electron chi connectivity index (χ0n) is 17.1. The minimum atomic E-state index is -3.70. The van der Waals surface area contributed by atoms with Crippen molar-refractivity contribution in [2.24, 2.45) is 0 Å². The van der Waals surface area contributed by atoms with E-state index < -0.39 is 39.7 Å². The second-order valence-corrected chi connectivity index (χ2v) is 9.66. The first-order chi connectivity index (χ1) is 14.0. The fourth-order valence-electron chi connectivity index (χ4n) is 3.47. The van der Waals surface area contributed by atoms with Crippen LogP contribution >= 0.6 is 0 Å². The molecule has 1 atom stereocenters. The molecule has 0 bridgehead atoms. The molecule has 9 heteroatoms. The van der Waals surface area contributed by atoms with Gasteiger partial charge < -0.3 is 5.32 Å². The first-order valence-corrected chi connectivity index (χ1v) is 11.2. The lowest BCUT2D eigenvalue weighted by molar-refractivity contribution is -0.133. The maximum absolute atomic E-state index is 13.4. The Morgan fingerprint density at radius 1 is 1.13 bits per heavy atom. The standard InChI is InChI=1S/C21H24FN3O4S/c1-15-4-6-16(7-5-15)12-23-20(27)21(2)14-24(30(3,28)29)13-19(26)25(21)18-10-8-17(22)9-11-18/h4-11H,12-14H2,1-3H3,(H,23,27). The minimum Gasteiger partial charge on any atom is -0.350 e. The topological polar surface area (TPSA) is 86.8 Å². The summed E-state index contributed by atoms with van der Waals surface area (Å²) in [7, 11) is -3.70. The molecule has 1 unspecified atom stereocenters. The Kier molecular flexibility index (Phi) is 5.96. The van der Waals surface area contributed by atoms with E-state index in [0.717, 1.165) is 21.7 Å². The summed E-state index contributed by atoms with van der Waals surface area (Å²) in [5.74, 6) is -1.55. The van der Waals surface area contributed by atoms with E-state index in [2.05, 4.69) is 5.32 Å². The lowest BCUT2D eigenvalue weighted by Crippen LogP contribution is -2.70. The van der Waals surface area contributed by atoms with Gasteiger partial charge in [-0.05, 0) is 43.7 Å². The van der Waals surface area contributed by atoms with Crippen molar-refractivity contribution in [2.75, 3.05) is 24.2 Å². The van der Waals surface area contributed by atoms with E-state index in [0.29, 0.717) is 5.69 Å². The van der Waals surface area contributed by atoms with Crippen molar-refractivity contribution in [3.8, 4) is 0 Å². The van der Waals surface area contributed by atoms with Gasteiger partial charge in [0.25, 0.3) is 0 Å². The van der Waals surface area contributed by atoms with Crippen LogP contribution in [0.2, 0.25) is 0 Å². The molecular formula is C21H24FN3O4S. The molecule has 1 fully saturated rings. The van der Waals surface area contributed by atoms with Gasteiger partial charge in [0.1, 0.15) is 11.4 Å². The summed E-state index contributed by atoms with van der Waals surface area (Å²) < 4.78 is 38.6. The van der Waals surface area contributed by atoms with Crippen LogP contribution in [0, 0.1) is 12.7 Å². The third kappa shape index (κ3) is 4.52. The number of amides is 2. The van der Waals surface area contributed by atoms with E-state index in [1.807, 2.05) is 31.2 Å². The van der Waals surface area contributed by atoms with Gasteiger partial charge in [-0.3, -0.25) is 14.5 Å². The zero-order valence-corrected chi connectivity index (χ0v) is 17.9. The number of carbonyl (C=O) groups is 2. The van der Waals surface area contributed by atoms with E-state index in [-0.39, 0.29) is 13.1 Å². The number of carbonyl (C=O) groups excluding carboxylic acids is 2. The summed E-state index contributed by atoms with van der Waals surface area (Å²) in [6.07, 6.45) is 0.998. The van der Waals surface area contributed by atoms with Crippen LogP contribution < -0.4 is 10.2 Å². The number of rotatable bonds is 5. The van der Waals surface area contributed by atoms with Crippen molar-refractivity contribution in [3.63, 3.8) is 0 Å². The van der Waals surface area contributed by atoms with Gasteiger partial charge in [0.2, 0.25) is 21.8 Å². The van der Waals surface area contributed by atoms with Crippen LogP contribution in [-0.4, -0.2) is 49.4 Å². The third-order valence-electron chi connectivity index (χ3n) is 5.16. The molecule has 0 aliphatic carbocycles. The van der Waals surface area contributed by atoms with Crippen LogP contribution in [0.3, 0.4) is 0 Å². The Morgan fingerprint density at radius 3 is 2.30 bits per heavy atom. The number of nitrogens with zero attached hydrogens (tertiary/aromatic N) is 2. The molecule has 160 valence electrons. The Morgan fingerprint density at radius 2 is 1.73 bits per heavy atom. The Labute approximate surface area is 175 Å². The highest BCUT2D eigenvalue weighted by Gasteiger charge is 2.50. The lowest BCUT2D eigenvalue weighted by atomic mass is 9.94. The zero-order chi connectivity index (χ0) is 22.1. The number of aryl methyl sites for hydroxylation is 1. The highest BCUT2D eigenvalue weighted by Crippen LogP contribution is 2.30. The Hall–Kier alpha value is -2.78. The highest BCUT2D eigenvalue weighted by molar-refractivity contribution is 7.88. The molecule has 3 rings (SSSR count). The summed E-state index contributed by atoms with van der Waals surface area (Å²) in [6.45, 7) is 3.08. The summed E-state index contributed by atoms with van der Waals surface area (Å²) >= 11 is 0. The van der Waals surface area contributed by atoms with Gasteiger partial charge in [-0.15, -0.1) is 0 Å². The second kappa shape index (κ2) is 8.16. The molecule has 30 heavy (non-hydrogen) atoms. The predicted molar refractivity (Wildman–Crippen MR) is 112 cm³/mol. The molecule has 1 N–H and O–H groups in total. The number of nitrogens with one attached hydrogen (secondary N) is 1. The number of halogens is 1. The summed E-state index contributed by atoms with van der Waals surface area (Å²) in [4.78, 5) is 27.4. The van der Waals surface area contributed by atoms with Gasteiger partial charge >= 0.3 is 0 Å². The Bertz CT molecular complexity index is 1050. The normalized spacial score (nSPS) is 20.3. The first kappa shape index (κ1) is 21.9. The third-order valence-corrected chi connectivity index (χ3v) is 6.35. The molecule has 2 aromatic rings. The molecule has 2 aromatic carbocycles. The average molecular weight is 434 g/mol. The van der Waals surface area contributed by atoms with Crippen molar-refractivity contribution in [1.29, 1.82) is 0 Å². The van der Waals surface area contributed by atoms with Crippen LogP contribution in [0.1, 0.15) is 18.1 Å². The largest absolute Gasteiger partial charge is 0.350 e. The predicted octanol–water partition coefficient (Wildman–Crippen LogP) is 1.82. The maximum Gasteiger partial charge on any atom is 0.247 e. The summed E-state index contributed by atoms with van der Waals surface area (Å²) in [5.41, 5.74) is 0.762. The van der Waals surface area contributed by atoms with Gasteiger partial charge in [0.15, 0.2) is 0 Å². The number of hydrogen-bond donors (Lipinski definition) is 1. The summed E-state index contributed by atoms with van der Waals surface area (Å²) in [6, 6.07) is 12.8. The van der Waals surface area contributed by atoms with Crippen LogP contribution in [0.15, 0.2) is 48.5 Å². The summed E-state index contributed by atoms with van der Waals surface area (Å²) in [5, 5.41) is 2.80. The first-order valence-electron chi connectivity index (χ1n) is 9.38. The number of sulfonamides is 1. The van der Waals surface area contributed by atoms with Crippen LogP contribution in [0.25, 0.3) is 0 Å². The fraction of sp³-hybridized carbons (Fsp3) is 0.333. The van der Waals surface area contributed by atoms with Crippen molar-refractivity contribution >= 4 is 27.5 Å². The van der Waals surface area contributed by atoms with Crippen molar-refractivity contribution in [1.82, 2.24) is 9.62 Å². The lowest BCUT2D eigenvalue weighted by Gasteiger charge is -2.46. The van der Waals surface area contributed by atoms with Crippen LogP contribution in [0.5, 0.6) is 0 Å². The molecule has 7 nitrogen and oxygen atoms in total.